The Balaban J connectivity index is 1.28. The van der Waals surface area contributed by atoms with Crippen molar-refractivity contribution in [2.45, 2.75) is 0 Å². The standard InChI is InChI=1S/C39H25N5S/c1-4-12-26(13-5-1)36-42-37(27-14-6-2-7-15-27)44-38(43-36)30-19-10-18-29(22-30)32-23-33(31-20-11-21-40-25-31)35-34(24-32)45-39(41-35)28-16-8-3-9-17-28/h1-25H. The summed E-state index contributed by atoms with van der Waals surface area (Å²) in [6.07, 6.45) is 3.70. The fourth-order valence-corrected chi connectivity index (χ4v) is 6.46. The fraction of sp³-hybridized carbons (Fsp3) is 0. The summed E-state index contributed by atoms with van der Waals surface area (Å²) < 4.78 is 1.12. The van der Waals surface area contributed by atoms with Crippen molar-refractivity contribution in [3.63, 3.8) is 0 Å². The van der Waals surface area contributed by atoms with Gasteiger partial charge < -0.3 is 0 Å². The highest BCUT2D eigenvalue weighted by Crippen LogP contribution is 2.39. The number of benzene rings is 5. The molecule has 0 aliphatic rings. The molecule has 8 aromatic rings. The molecule has 3 heterocycles. The first kappa shape index (κ1) is 26.8. The molecule has 0 fully saturated rings. The van der Waals surface area contributed by atoms with E-state index in [1.807, 2.05) is 91.1 Å². The zero-order valence-corrected chi connectivity index (χ0v) is 24.9. The van der Waals surface area contributed by atoms with Crippen LogP contribution in [0.15, 0.2) is 152 Å². The van der Waals surface area contributed by atoms with Crippen molar-refractivity contribution in [1.82, 2.24) is 24.9 Å². The van der Waals surface area contributed by atoms with Gasteiger partial charge >= 0.3 is 0 Å². The van der Waals surface area contributed by atoms with E-state index in [0.717, 1.165) is 59.7 Å². The van der Waals surface area contributed by atoms with E-state index in [-0.39, 0.29) is 0 Å². The van der Waals surface area contributed by atoms with E-state index in [2.05, 4.69) is 59.6 Å². The molecule has 0 saturated heterocycles. The first-order chi connectivity index (χ1) is 22.3. The maximum absolute atomic E-state index is 5.10. The molecule has 0 saturated carbocycles. The summed E-state index contributed by atoms with van der Waals surface area (Å²) in [7, 11) is 0. The second-order valence-electron chi connectivity index (χ2n) is 10.6. The van der Waals surface area contributed by atoms with E-state index in [4.69, 9.17) is 19.9 Å². The van der Waals surface area contributed by atoms with Crippen molar-refractivity contribution in [3.05, 3.63) is 152 Å². The van der Waals surface area contributed by atoms with Gasteiger partial charge in [0.2, 0.25) is 0 Å². The van der Waals surface area contributed by atoms with Gasteiger partial charge in [-0.05, 0) is 35.4 Å². The normalized spacial score (nSPS) is 11.1. The highest BCUT2D eigenvalue weighted by molar-refractivity contribution is 7.21. The van der Waals surface area contributed by atoms with Crippen molar-refractivity contribution in [2.75, 3.05) is 0 Å². The van der Waals surface area contributed by atoms with Crippen molar-refractivity contribution >= 4 is 21.6 Å². The summed E-state index contributed by atoms with van der Waals surface area (Å²) in [5.41, 5.74) is 9.13. The monoisotopic (exact) mass is 595 g/mol. The zero-order valence-electron chi connectivity index (χ0n) is 24.1. The Morgan fingerprint density at radius 3 is 1.58 bits per heavy atom. The molecule has 0 unspecified atom stereocenters. The molecular weight excluding hydrogens is 571 g/mol. The summed E-state index contributed by atoms with van der Waals surface area (Å²) in [5, 5.41) is 0.994. The van der Waals surface area contributed by atoms with Gasteiger partial charge in [-0.1, -0.05) is 115 Å². The quantitative estimate of drug-likeness (QED) is 0.191. The zero-order chi connectivity index (χ0) is 30.0. The molecule has 8 rings (SSSR count). The van der Waals surface area contributed by atoms with Crippen LogP contribution in [0.25, 0.3) is 77.2 Å². The van der Waals surface area contributed by atoms with Crippen LogP contribution >= 0.6 is 11.3 Å². The van der Waals surface area contributed by atoms with Crippen molar-refractivity contribution in [2.24, 2.45) is 0 Å². The van der Waals surface area contributed by atoms with E-state index < -0.39 is 0 Å². The van der Waals surface area contributed by atoms with Gasteiger partial charge in [-0.25, -0.2) is 19.9 Å². The van der Waals surface area contributed by atoms with Crippen LogP contribution in [0.2, 0.25) is 0 Å². The summed E-state index contributed by atoms with van der Waals surface area (Å²) >= 11 is 1.70. The van der Waals surface area contributed by atoms with Crippen molar-refractivity contribution in [1.29, 1.82) is 0 Å². The fourth-order valence-electron chi connectivity index (χ4n) is 5.42. The molecule has 0 radical (unpaired) electrons. The third kappa shape index (κ3) is 5.39. The molecule has 5 nitrogen and oxygen atoms in total. The van der Waals surface area contributed by atoms with E-state index in [1.165, 1.54) is 0 Å². The lowest BCUT2D eigenvalue weighted by atomic mass is 9.97. The van der Waals surface area contributed by atoms with E-state index in [0.29, 0.717) is 17.5 Å². The molecule has 5 aromatic carbocycles. The maximum atomic E-state index is 5.10. The van der Waals surface area contributed by atoms with Gasteiger partial charge in [0.1, 0.15) is 5.01 Å². The molecule has 0 atom stereocenters. The van der Waals surface area contributed by atoms with Crippen molar-refractivity contribution in [3.8, 4) is 67.0 Å². The van der Waals surface area contributed by atoms with Gasteiger partial charge in [0.05, 0.1) is 10.2 Å². The molecule has 0 amide bonds. The third-order valence-electron chi connectivity index (χ3n) is 7.64. The van der Waals surface area contributed by atoms with Gasteiger partial charge in [0, 0.05) is 45.8 Å². The number of hydrogen-bond donors (Lipinski definition) is 0. The number of thiazole rings is 1. The van der Waals surface area contributed by atoms with Crippen LogP contribution in [0.3, 0.4) is 0 Å². The Hall–Kier alpha value is -5.85. The first-order valence-electron chi connectivity index (χ1n) is 14.7. The second-order valence-corrected chi connectivity index (χ2v) is 11.6. The molecule has 0 aliphatic heterocycles. The lowest BCUT2D eigenvalue weighted by molar-refractivity contribution is 1.07. The summed E-state index contributed by atoms with van der Waals surface area (Å²) in [5.74, 6) is 1.91. The Kier molecular flexibility index (Phi) is 6.94. The molecular formula is C39H25N5S. The number of fused-ring (bicyclic) bond motifs is 1. The Morgan fingerprint density at radius 1 is 0.400 bits per heavy atom. The van der Waals surface area contributed by atoms with E-state index in [1.54, 1.807) is 17.5 Å². The van der Waals surface area contributed by atoms with E-state index >= 15 is 0 Å². The Bertz CT molecular complexity index is 2190. The van der Waals surface area contributed by atoms with Crippen molar-refractivity contribution < 1.29 is 0 Å². The Labute approximate surface area is 264 Å². The molecule has 0 N–H and O–H groups in total. The lowest BCUT2D eigenvalue weighted by Crippen LogP contribution is -2.00. The highest BCUT2D eigenvalue weighted by atomic mass is 32.1. The van der Waals surface area contributed by atoms with Crippen LogP contribution < -0.4 is 0 Å². The maximum Gasteiger partial charge on any atom is 0.164 e. The topological polar surface area (TPSA) is 64.5 Å². The minimum absolute atomic E-state index is 0.627. The lowest BCUT2D eigenvalue weighted by Gasteiger charge is -2.11. The third-order valence-corrected chi connectivity index (χ3v) is 8.69. The molecule has 6 heteroatoms. The largest absolute Gasteiger partial charge is 0.264 e. The van der Waals surface area contributed by atoms with Gasteiger partial charge in [-0.3, -0.25) is 4.98 Å². The number of aromatic nitrogens is 5. The van der Waals surface area contributed by atoms with E-state index in [9.17, 15) is 0 Å². The number of nitrogens with zero attached hydrogens (tertiary/aromatic N) is 5. The van der Waals surface area contributed by atoms with Gasteiger partial charge in [0.15, 0.2) is 17.5 Å². The van der Waals surface area contributed by atoms with Crippen LogP contribution in [-0.2, 0) is 0 Å². The minimum atomic E-state index is 0.627. The highest BCUT2D eigenvalue weighted by Gasteiger charge is 2.16. The molecule has 212 valence electrons. The van der Waals surface area contributed by atoms with Crippen LogP contribution in [0.1, 0.15) is 0 Å². The average molecular weight is 596 g/mol. The SMILES string of the molecule is c1ccc(-c2nc(-c3ccccc3)nc(-c3cccc(-c4cc(-c5cccnc5)c5nc(-c6ccccc6)sc5c4)c3)n2)cc1. The summed E-state index contributed by atoms with van der Waals surface area (Å²) in [6.45, 7) is 0. The smallest absolute Gasteiger partial charge is 0.164 e. The second kappa shape index (κ2) is 11.7. The number of rotatable bonds is 6. The number of hydrogen-bond acceptors (Lipinski definition) is 6. The Morgan fingerprint density at radius 2 is 0.956 bits per heavy atom. The predicted molar refractivity (Wildman–Crippen MR) is 183 cm³/mol. The van der Waals surface area contributed by atoms with Crippen LogP contribution in [0.4, 0.5) is 0 Å². The molecule has 3 aromatic heterocycles. The van der Waals surface area contributed by atoms with Crippen LogP contribution in [0, 0.1) is 0 Å². The summed E-state index contributed by atoms with van der Waals surface area (Å²) in [4.78, 5) is 24.3. The molecule has 0 spiro atoms. The molecule has 0 aliphatic carbocycles. The average Bonchev–Trinajstić information content (AvgIpc) is 3.57. The first-order valence-corrected chi connectivity index (χ1v) is 15.5. The van der Waals surface area contributed by atoms with Gasteiger partial charge in [-0.2, -0.15) is 0 Å². The van der Waals surface area contributed by atoms with Gasteiger partial charge in [0.25, 0.3) is 0 Å². The minimum Gasteiger partial charge on any atom is -0.264 e. The number of pyridine rings is 1. The van der Waals surface area contributed by atoms with Crippen LogP contribution in [0.5, 0.6) is 0 Å². The molecule has 45 heavy (non-hydrogen) atoms. The molecule has 0 bridgehead atoms. The summed E-state index contributed by atoms with van der Waals surface area (Å²) in [6, 6.07) is 47.4. The van der Waals surface area contributed by atoms with Gasteiger partial charge in [-0.15, -0.1) is 11.3 Å². The van der Waals surface area contributed by atoms with Crippen LogP contribution in [-0.4, -0.2) is 24.9 Å². The predicted octanol–water partition coefficient (Wildman–Crippen LogP) is 9.88.